The molecule has 2 aromatic carbocycles. The number of para-hydroxylation sites is 1. The number of sulfonamides is 1. The number of primary sulfonamides is 1. The first-order valence-electron chi connectivity index (χ1n) is 8.28. The molecule has 0 radical (unpaired) electrons. The van der Waals surface area contributed by atoms with E-state index in [1.54, 1.807) is 18.3 Å². The third-order valence-corrected chi connectivity index (χ3v) is 5.44. The highest BCUT2D eigenvalue weighted by atomic mass is 32.2. The minimum Gasteiger partial charge on any atom is -0.324 e. The third-order valence-electron chi connectivity index (χ3n) is 4.51. The van der Waals surface area contributed by atoms with E-state index in [9.17, 15) is 8.42 Å². The average Bonchev–Trinajstić information content (AvgIpc) is 3.43. The second-order valence-corrected chi connectivity index (χ2v) is 7.92. The van der Waals surface area contributed by atoms with Gasteiger partial charge in [0.25, 0.3) is 0 Å². The monoisotopic (exact) mass is 366 g/mol. The van der Waals surface area contributed by atoms with Crippen LogP contribution < -0.4 is 10.5 Å². The molecule has 0 saturated heterocycles. The van der Waals surface area contributed by atoms with Crippen LogP contribution in [-0.2, 0) is 10.0 Å². The quantitative estimate of drug-likeness (QED) is 0.723. The lowest BCUT2D eigenvalue weighted by Crippen LogP contribution is -2.11. The second-order valence-electron chi connectivity index (χ2n) is 6.36. The van der Waals surface area contributed by atoms with Gasteiger partial charge in [-0.1, -0.05) is 30.3 Å². The summed E-state index contributed by atoms with van der Waals surface area (Å²) in [7, 11) is -3.65. The highest BCUT2D eigenvalue weighted by Gasteiger charge is 2.40. The molecular formula is C19H18N4O2S. The molecule has 3 aromatic rings. The number of nitrogens with zero attached hydrogens (tertiary/aromatic N) is 2. The van der Waals surface area contributed by atoms with Gasteiger partial charge in [0.05, 0.1) is 4.90 Å². The summed E-state index contributed by atoms with van der Waals surface area (Å²) in [4.78, 5) is 9.04. The van der Waals surface area contributed by atoms with Crippen LogP contribution in [0.5, 0.6) is 0 Å². The van der Waals surface area contributed by atoms with Gasteiger partial charge in [0.15, 0.2) is 0 Å². The number of hydrogen-bond donors (Lipinski definition) is 2. The Hall–Kier alpha value is -2.77. The predicted octanol–water partition coefficient (Wildman–Crippen LogP) is 3.14. The molecule has 0 amide bonds. The molecule has 6 nitrogen and oxygen atoms in total. The molecule has 1 fully saturated rings. The Bertz CT molecular complexity index is 1020. The first kappa shape index (κ1) is 16.7. The number of nitrogens with two attached hydrogens (primary N) is 1. The molecule has 1 aromatic heterocycles. The molecule has 2 atom stereocenters. The maximum Gasteiger partial charge on any atom is 0.238 e. The summed E-state index contributed by atoms with van der Waals surface area (Å²) < 4.78 is 22.7. The molecule has 4 rings (SSSR count). The van der Waals surface area contributed by atoms with Crippen LogP contribution in [0.1, 0.15) is 29.5 Å². The van der Waals surface area contributed by atoms with Crippen molar-refractivity contribution in [2.24, 2.45) is 5.14 Å². The van der Waals surface area contributed by atoms with Crippen LogP contribution in [0.15, 0.2) is 71.8 Å². The van der Waals surface area contributed by atoms with E-state index in [-0.39, 0.29) is 4.90 Å². The van der Waals surface area contributed by atoms with Crippen molar-refractivity contribution in [3.05, 3.63) is 78.1 Å². The van der Waals surface area contributed by atoms with Gasteiger partial charge in [-0.25, -0.2) is 23.5 Å². The first-order chi connectivity index (χ1) is 12.5. The topological polar surface area (TPSA) is 98.0 Å². The lowest BCUT2D eigenvalue weighted by molar-refractivity contribution is 0.598. The zero-order valence-corrected chi connectivity index (χ0v) is 14.7. The fourth-order valence-corrected chi connectivity index (χ4v) is 3.60. The van der Waals surface area contributed by atoms with Crippen molar-refractivity contribution in [1.29, 1.82) is 0 Å². The maximum atomic E-state index is 11.4. The third kappa shape index (κ3) is 3.58. The van der Waals surface area contributed by atoms with Crippen LogP contribution >= 0.6 is 0 Å². The van der Waals surface area contributed by atoms with Gasteiger partial charge >= 0.3 is 0 Å². The summed E-state index contributed by atoms with van der Waals surface area (Å²) >= 11 is 0. The molecular weight excluding hydrogens is 348 g/mol. The zero-order chi connectivity index (χ0) is 18.1. The van der Waals surface area contributed by atoms with Crippen LogP contribution in [0.4, 0.5) is 11.6 Å². The standard InChI is InChI=1S/C19H18N4O2S/c20-26(24,25)15-8-6-13(7-9-15)16-12-17(16)18-10-11-21-19(23-18)22-14-4-2-1-3-5-14/h1-11,16-17H,12H2,(H2,20,24,25)(H,21,22,23). The smallest absolute Gasteiger partial charge is 0.238 e. The predicted molar refractivity (Wildman–Crippen MR) is 99.7 cm³/mol. The molecule has 2 unspecified atom stereocenters. The highest BCUT2D eigenvalue weighted by Crippen LogP contribution is 2.54. The minimum absolute atomic E-state index is 0.134. The van der Waals surface area contributed by atoms with E-state index in [0.717, 1.165) is 23.4 Å². The van der Waals surface area contributed by atoms with E-state index in [2.05, 4.69) is 15.3 Å². The van der Waals surface area contributed by atoms with Gasteiger partial charge in [-0.05, 0) is 48.2 Å². The van der Waals surface area contributed by atoms with Gasteiger partial charge in [0.1, 0.15) is 0 Å². The fourth-order valence-electron chi connectivity index (χ4n) is 3.08. The molecule has 3 N–H and O–H groups in total. The van der Waals surface area contributed by atoms with Crippen molar-refractivity contribution in [2.45, 2.75) is 23.2 Å². The Kier molecular flexibility index (Phi) is 4.18. The number of anilines is 2. The number of benzene rings is 2. The normalized spacial score (nSPS) is 19.1. The van der Waals surface area contributed by atoms with Crippen molar-refractivity contribution in [1.82, 2.24) is 9.97 Å². The van der Waals surface area contributed by atoms with Crippen molar-refractivity contribution in [2.75, 3.05) is 5.32 Å². The Morgan fingerprint density at radius 2 is 1.69 bits per heavy atom. The van der Waals surface area contributed by atoms with Gasteiger partial charge in [-0.15, -0.1) is 0 Å². The molecule has 1 heterocycles. The van der Waals surface area contributed by atoms with E-state index in [4.69, 9.17) is 5.14 Å². The van der Waals surface area contributed by atoms with E-state index in [1.165, 1.54) is 0 Å². The fraction of sp³-hybridized carbons (Fsp3) is 0.158. The van der Waals surface area contributed by atoms with Gasteiger partial charge in [0, 0.05) is 23.5 Å². The average molecular weight is 366 g/mol. The van der Waals surface area contributed by atoms with Crippen LogP contribution in [0.3, 0.4) is 0 Å². The van der Waals surface area contributed by atoms with E-state index in [1.807, 2.05) is 48.5 Å². The molecule has 0 aliphatic heterocycles. The van der Waals surface area contributed by atoms with Crippen molar-refractivity contribution in [3.8, 4) is 0 Å². The Morgan fingerprint density at radius 1 is 0.962 bits per heavy atom. The van der Waals surface area contributed by atoms with Gasteiger partial charge in [-0.3, -0.25) is 0 Å². The number of hydrogen-bond acceptors (Lipinski definition) is 5. The van der Waals surface area contributed by atoms with Gasteiger partial charge in [0.2, 0.25) is 16.0 Å². The second kappa shape index (κ2) is 6.51. The van der Waals surface area contributed by atoms with Crippen LogP contribution in [0.2, 0.25) is 0 Å². The number of aromatic nitrogens is 2. The number of rotatable bonds is 5. The Balaban J connectivity index is 1.49. The molecule has 132 valence electrons. The SMILES string of the molecule is NS(=O)(=O)c1ccc(C2CC2c2ccnc(Nc3ccccc3)n2)cc1. The van der Waals surface area contributed by atoms with Crippen molar-refractivity contribution in [3.63, 3.8) is 0 Å². The summed E-state index contributed by atoms with van der Waals surface area (Å²) in [6, 6.07) is 18.5. The van der Waals surface area contributed by atoms with Gasteiger partial charge in [-0.2, -0.15) is 0 Å². The molecule has 0 spiro atoms. The lowest BCUT2D eigenvalue weighted by Gasteiger charge is -2.06. The summed E-state index contributed by atoms with van der Waals surface area (Å²) in [5.74, 6) is 1.22. The molecule has 26 heavy (non-hydrogen) atoms. The van der Waals surface area contributed by atoms with Crippen molar-refractivity contribution < 1.29 is 8.42 Å². The zero-order valence-electron chi connectivity index (χ0n) is 13.9. The molecule has 7 heteroatoms. The number of nitrogens with one attached hydrogen (secondary N) is 1. The summed E-state index contributed by atoms with van der Waals surface area (Å²) in [5, 5.41) is 8.35. The molecule has 1 saturated carbocycles. The van der Waals surface area contributed by atoms with E-state index >= 15 is 0 Å². The van der Waals surface area contributed by atoms with Crippen LogP contribution in [0, 0.1) is 0 Å². The summed E-state index contributed by atoms with van der Waals surface area (Å²) in [6.07, 6.45) is 2.74. The lowest BCUT2D eigenvalue weighted by atomic mass is 10.1. The van der Waals surface area contributed by atoms with Crippen LogP contribution in [-0.4, -0.2) is 18.4 Å². The highest BCUT2D eigenvalue weighted by molar-refractivity contribution is 7.89. The summed E-state index contributed by atoms with van der Waals surface area (Å²) in [5.41, 5.74) is 3.02. The molecule has 1 aliphatic carbocycles. The first-order valence-corrected chi connectivity index (χ1v) is 9.83. The Labute approximate surface area is 152 Å². The largest absolute Gasteiger partial charge is 0.324 e. The molecule has 0 bridgehead atoms. The molecule has 1 aliphatic rings. The van der Waals surface area contributed by atoms with Crippen molar-refractivity contribution >= 4 is 21.7 Å². The van der Waals surface area contributed by atoms with Gasteiger partial charge < -0.3 is 5.32 Å². The maximum absolute atomic E-state index is 11.4. The Morgan fingerprint density at radius 3 is 2.38 bits per heavy atom. The minimum atomic E-state index is -3.65. The van der Waals surface area contributed by atoms with Crippen LogP contribution in [0.25, 0.3) is 0 Å². The summed E-state index contributed by atoms with van der Waals surface area (Å²) in [6.45, 7) is 0. The van der Waals surface area contributed by atoms with E-state index < -0.39 is 10.0 Å². The van der Waals surface area contributed by atoms with E-state index in [0.29, 0.717) is 17.8 Å².